The number of aromatic nitrogens is 2. The summed E-state index contributed by atoms with van der Waals surface area (Å²) in [6, 6.07) is 3.42. The molecule has 3 rings (SSSR count). The van der Waals surface area contributed by atoms with E-state index in [1.54, 1.807) is 6.92 Å². The minimum atomic E-state index is -0.920. The molecule has 23 heavy (non-hydrogen) atoms. The Bertz CT molecular complexity index is 724. The number of benzene rings is 1. The third kappa shape index (κ3) is 2.96. The first-order valence-corrected chi connectivity index (χ1v) is 7.38. The third-order valence-corrected chi connectivity index (χ3v) is 4.22. The smallest absolute Gasteiger partial charge is 0.255 e. The molecule has 5 nitrogen and oxygen atoms in total. The fourth-order valence-electron chi connectivity index (χ4n) is 2.92. The molecule has 0 radical (unpaired) electrons. The Morgan fingerprint density at radius 1 is 1.35 bits per heavy atom. The zero-order chi connectivity index (χ0) is 16.4. The van der Waals surface area contributed by atoms with Gasteiger partial charge >= 0.3 is 0 Å². The van der Waals surface area contributed by atoms with Crippen LogP contribution in [0.25, 0.3) is 0 Å². The first kappa shape index (κ1) is 15.6. The fraction of sp³-hybridized carbons (Fsp3) is 0.375. The summed E-state index contributed by atoms with van der Waals surface area (Å²) in [4.78, 5) is 12.5. The highest BCUT2D eigenvalue weighted by Crippen LogP contribution is 2.34. The predicted molar refractivity (Wildman–Crippen MR) is 78.9 cm³/mol. The monoisotopic (exact) mass is 321 g/mol. The lowest BCUT2D eigenvalue weighted by Crippen LogP contribution is -2.50. The molecule has 1 aliphatic heterocycles. The highest BCUT2D eigenvalue weighted by atomic mass is 19.1. The molecule has 2 aromatic rings. The van der Waals surface area contributed by atoms with Gasteiger partial charge in [0.25, 0.3) is 5.91 Å². The van der Waals surface area contributed by atoms with E-state index in [-0.39, 0.29) is 11.5 Å². The maximum Gasteiger partial charge on any atom is 0.255 e. The molecule has 0 spiro atoms. The average molecular weight is 321 g/mol. The SMILES string of the molecule is Cc1[nH]ncc1C(=O)NC1(c2ccc(F)cc2F)CCOCC1. The van der Waals surface area contributed by atoms with Gasteiger partial charge in [-0.1, -0.05) is 6.07 Å². The summed E-state index contributed by atoms with van der Waals surface area (Å²) in [5.41, 5.74) is 0.385. The third-order valence-electron chi connectivity index (χ3n) is 4.22. The highest BCUT2D eigenvalue weighted by molar-refractivity contribution is 5.95. The molecular weight excluding hydrogens is 304 g/mol. The number of carbonyl (C=O) groups excluding carboxylic acids is 1. The molecule has 0 saturated carbocycles. The Balaban J connectivity index is 1.97. The predicted octanol–water partition coefficient (Wildman–Crippen LogP) is 2.43. The summed E-state index contributed by atoms with van der Waals surface area (Å²) >= 11 is 0. The van der Waals surface area contributed by atoms with Gasteiger partial charge in [0.2, 0.25) is 0 Å². The highest BCUT2D eigenvalue weighted by Gasteiger charge is 2.38. The molecule has 1 fully saturated rings. The normalized spacial score (nSPS) is 17.0. The van der Waals surface area contributed by atoms with Crippen LogP contribution in [-0.4, -0.2) is 29.3 Å². The number of halogens is 2. The molecule has 2 heterocycles. The number of amides is 1. The number of aromatic amines is 1. The minimum absolute atomic E-state index is 0.275. The summed E-state index contributed by atoms with van der Waals surface area (Å²) < 4.78 is 32.9. The Labute approximate surface area is 132 Å². The van der Waals surface area contributed by atoms with Crippen LogP contribution in [0.5, 0.6) is 0 Å². The Morgan fingerprint density at radius 2 is 2.09 bits per heavy atom. The molecule has 1 amide bonds. The van der Waals surface area contributed by atoms with Crippen LogP contribution in [0, 0.1) is 18.6 Å². The van der Waals surface area contributed by atoms with Gasteiger partial charge in [-0.15, -0.1) is 0 Å². The van der Waals surface area contributed by atoms with E-state index in [4.69, 9.17) is 4.74 Å². The Morgan fingerprint density at radius 3 is 2.70 bits per heavy atom. The first-order valence-electron chi connectivity index (χ1n) is 7.38. The largest absolute Gasteiger partial charge is 0.381 e. The Kier molecular flexibility index (Phi) is 4.12. The standard InChI is InChI=1S/C16H17F2N3O2/c1-10-12(9-19-21-10)15(22)20-16(4-6-23-7-5-16)13-3-2-11(17)8-14(13)18/h2-3,8-9H,4-7H2,1H3,(H,19,21)(H,20,22). The summed E-state index contributed by atoms with van der Waals surface area (Å²) in [5, 5.41) is 9.44. The van der Waals surface area contributed by atoms with Crippen LogP contribution >= 0.6 is 0 Å². The van der Waals surface area contributed by atoms with Gasteiger partial charge in [-0.25, -0.2) is 8.78 Å². The van der Waals surface area contributed by atoms with Crippen molar-refractivity contribution in [2.75, 3.05) is 13.2 Å². The molecule has 0 unspecified atom stereocenters. The van der Waals surface area contributed by atoms with Crippen LogP contribution < -0.4 is 5.32 Å². The van der Waals surface area contributed by atoms with E-state index in [1.807, 2.05) is 0 Å². The van der Waals surface area contributed by atoms with Crippen LogP contribution in [0.4, 0.5) is 8.78 Å². The van der Waals surface area contributed by atoms with Gasteiger partial charge in [0.05, 0.1) is 17.3 Å². The van der Waals surface area contributed by atoms with Gasteiger partial charge in [0.15, 0.2) is 0 Å². The number of nitrogens with zero attached hydrogens (tertiary/aromatic N) is 1. The summed E-state index contributed by atoms with van der Waals surface area (Å²) in [6.07, 6.45) is 2.26. The number of hydrogen-bond donors (Lipinski definition) is 2. The lowest BCUT2D eigenvalue weighted by Gasteiger charge is -2.38. The minimum Gasteiger partial charge on any atom is -0.381 e. The number of ether oxygens (including phenoxy) is 1. The molecule has 0 aliphatic carbocycles. The molecule has 1 aromatic carbocycles. The topological polar surface area (TPSA) is 67.0 Å². The van der Waals surface area contributed by atoms with Gasteiger partial charge in [-0.2, -0.15) is 5.10 Å². The average Bonchev–Trinajstić information content (AvgIpc) is 2.94. The van der Waals surface area contributed by atoms with Crippen molar-refractivity contribution in [1.29, 1.82) is 0 Å². The van der Waals surface area contributed by atoms with Crippen molar-refractivity contribution >= 4 is 5.91 Å². The lowest BCUT2D eigenvalue weighted by atomic mass is 9.82. The van der Waals surface area contributed by atoms with E-state index in [2.05, 4.69) is 15.5 Å². The van der Waals surface area contributed by atoms with Crippen molar-refractivity contribution in [1.82, 2.24) is 15.5 Å². The second-order valence-corrected chi connectivity index (χ2v) is 5.68. The lowest BCUT2D eigenvalue weighted by molar-refractivity contribution is 0.0333. The maximum absolute atomic E-state index is 14.3. The van der Waals surface area contributed by atoms with E-state index in [9.17, 15) is 13.6 Å². The maximum atomic E-state index is 14.3. The van der Waals surface area contributed by atoms with Crippen molar-refractivity contribution in [3.63, 3.8) is 0 Å². The van der Waals surface area contributed by atoms with E-state index < -0.39 is 17.2 Å². The van der Waals surface area contributed by atoms with Gasteiger partial charge in [-0.3, -0.25) is 9.89 Å². The molecule has 1 aliphatic rings. The van der Waals surface area contributed by atoms with E-state index in [0.29, 0.717) is 37.3 Å². The van der Waals surface area contributed by atoms with Crippen molar-refractivity contribution in [2.45, 2.75) is 25.3 Å². The molecule has 122 valence electrons. The van der Waals surface area contributed by atoms with Gasteiger partial charge in [0, 0.05) is 30.5 Å². The number of hydrogen-bond acceptors (Lipinski definition) is 3. The first-order chi connectivity index (χ1) is 11.0. The molecule has 1 saturated heterocycles. The summed E-state index contributed by atoms with van der Waals surface area (Å²) in [6.45, 7) is 2.51. The number of H-pyrrole nitrogens is 1. The van der Waals surface area contributed by atoms with Crippen LogP contribution in [0.2, 0.25) is 0 Å². The number of carbonyl (C=O) groups is 1. The second-order valence-electron chi connectivity index (χ2n) is 5.68. The van der Waals surface area contributed by atoms with Crippen molar-refractivity contribution < 1.29 is 18.3 Å². The second kappa shape index (κ2) is 6.08. The quantitative estimate of drug-likeness (QED) is 0.912. The van der Waals surface area contributed by atoms with E-state index in [1.165, 1.54) is 18.3 Å². The van der Waals surface area contributed by atoms with Crippen molar-refractivity contribution in [2.24, 2.45) is 0 Å². The van der Waals surface area contributed by atoms with Crippen LogP contribution in [-0.2, 0) is 10.3 Å². The fourth-order valence-corrected chi connectivity index (χ4v) is 2.92. The molecule has 0 atom stereocenters. The van der Waals surface area contributed by atoms with Crippen molar-refractivity contribution in [3.05, 3.63) is 52.9 Å². The summed E-state index contributed by atoms with van der Waals surface area (Å²) in [5.74, 6) is -1.66. The van der Waals surface area contributed by atoms with Gasteiger partial charge in [-0.05, 0) is 25.8 Å². The molecule has 1 aromatic heterocycles. The zero-order valence-electron chi connectivity index (χ0n) is 12.7. The van der Waals surface area contributed by atoms with E-state index >= 15 is 0 Å². The zero-order valence-corrected chi connectivity index (χ0v) is 12.7. The van der Waals surface area contributed by atoms with Gasteiger partial charge in [0.1, 0.15) is 11.6 Å². The van der Waals surface area contributed by atoms with Crippen LogP contribution in [0.15, 0.2) is 24.4 Å². The van der Waals surface area contributed by atoms with Crippen LogP contribution in [0.1, 0.15) is 34.5 Å². The Hall–Kier alpha value is -2.28. The number of rotatable bonds is 3. The van der Waals surface area contributed by atoms with E-state index in [0.717, 1.165) is 6.07 Å². The number of nitrogens with one attached hydrogen (secondary N) is 2. The molecule has 7 heteroatoms. The van der Waals surface area contributed by atoms with Gasteiger partial charge < -0.3 is 10.1 Å². The van der Waals surface area contributed by atoms with Crippen molar-refractivity contribution in [3.8, 4) is 0 Å². The molecule has 0 bridgehead atoms. The molecular formula is C16H17F2N3O2. The number of aryl methyl sites for hydroxylation is 1. The van der Waals surface area contributed by atoms with Crippen LogP contribution in [0.3, 0.4) is 0 Å². The summed E-state index contributed by atoms with van der Waals surface area (Å²) in [7, 11) is 0. The molecule has 2 N–H and O–H groups in total.